The van der Waals surface area contributed by atoms with Gasteiger partial charge in [0.2, 0.25) is 0 Å². The number of hydrogen-bond donors (Lipinski definition) is 1. The van der Waals surface area contributed by atoms with E-state index in [4.69, 9.17) is 0 Å². The Bertz CT molecular complexity index is 1240. The first-order chi connectivity index (χ1) is 14.5. The summed E-state index contributed by atoms with van der Waals surface area (Å²) in [6.45, 7) is 3.50. The lowest BCUT2D eigenvalue weighted by Gasteiger charge is -2.11. The number of hydrogen-bond acceptors (Lipinski definition) is 4. The molecule has 0 saturated carbocycles. The number of halogens is 1. The van der Waals surface area contributed by atoms with Crippen LogP contribution in [0.2, 0.25) is 0 Å². The molecule has 0 fully saturated rings. The van der Waals surface area contributed by atoms with Gasteiger partial charge in [-0.15, -0.1) is 0 Å². The Morgan fingerprint density at radius 2 is 1.70 bits per heavy atom. The van der Waals surface area contributed by atoms with Crippen LogP contribution in [0.3, 0.4) is 0 Å². The monoisotopic (exact) mass is 463 g/mol. The molecule has 0 aliphatic carbocycles. The van der Waals surface area contributed by atoms with Gasteiger partial charge in [-0.25, -0.2) is 9.36 Å². The summed E-state index contributed by atoms with van der Waals surface area (Å²) in [5.41, 5.74) is 3.38. The second kappa shape index (κ2) is 8.08. The van der Waals surface area contributed by atoms with Crippen LogP contribution in [-0.2, 0) is 4.79 Å². The van der Waals surface area contributed by atoms with E-state index in [1.54, 1.807) is 47.7 Å². The first-order valence-electron chi connectivity index (χ1n) is 9.22. The molecule has 7 nitrogen and oxygen atoms in total. The molecule has 0 saturated heterocycles. The minimum Gasteiger partial charge on any atom is -0.317 e. The molecule has 4 rings (SSSR count). The van der Waals surface area contributed by atoms with Crippen molar-refractivity contribution < 1.29 is 9.59 Å². The third-order valence-electron chi connectivity index (χ3n) is 4.68. The Morgan fingerprint density at radius 3 is 2.40 bits per heavy atom. The summed E-state index contributed by atoms with van der Waals surface area (Å²) in [5, 5.41) is 11.4. The highest BCUT2D eigenvalue weighted by Gasteiger charge is 2.25. The molecule has 0 spiro atoms. The average molecular weight is 464 g/mol. The van der Waals surface area contributed by atoms with E-state index in [0.29, 0.717) is 28.3 Å². The molecule has 2 aromatic carbocycles. The number of carbonyl (C=O) groups is 2. The molecule has 0 radical (unpaired) electrons. The Labute approximate surface area is 181 Å². The summed E-state index contributed by atoms with van der Waals surface area (Å²) in [4.78, 5) is 25.8. The maximum atomic E-state index is 13.0. The molecule has 0 unspecified atom stereocenters. The van der Waals surface area contributed by atoms with Crippen LogP contribution in [0.4, 0.5) is 5.69 Å². The van der Waals surface area contributed by atoms with Crippen LogP contribution >= 0.6 is 15.9 Å². The molecule has 1 amide bonds. The molecule has 0 aliphatic heterocycles. The topological polar surface area (TPSA) is 81.8 Å². The highest BCUT2D eigenvalue weighted by molar-refractivity contribution is 9.10. The number of para-hydroxylation sites is 3. The molecular formula is C22H18BrN5O2. The van der Waals surface area contributed by atoms with Gasteiger partial charge >= 0.3 is 0 Å². The summed E-state index contributed by atoms with van der Waals surface area (Å²) in [5.74, 6) is -1.36. The van der Waals surface area contributed by atoms with E-state index in [1.807, 2.05) is 42.5 Å². The van der Waals surface area contributed by atoms with Gasteiger partial charge in [0, 0.05) is 6.20 Å². The smallest absolute Gasteiger partial charge is 0.296 e. The van der Waals surface area contributed by atoms with Crippen LogP contribution < -0.4 is 5.32 Å². The molecule has 0 aliphatic rings. The van der Waals surface area contributed by atoms with E-state index in [2.05, 4.69) is 31.4 Å². The molecule has 4 aromatic rings. The Kier molecular flexibility index (Phi) is 5.33. The fourth-order valence-electron chi connectivity index (χ4n) is 3.30. The van der Waals surface area contributed by atoms with Gasteiger partial charge in [-0.2, -0.15) is 10.2 Å². The number of carbonyl (C=O) groups excluding carboxylic acids is 2. The number of amides is 1. The molecule has 0 bridgehead atoms. The van der Waals surface area contributed by atoms with Crippen molar-refractivity contribution in [1.29, 1.82) is 0 Å². The average Bonchev–Trinajstić information content (AvgIpc) is 3.31. The molecule has 0 atom stereocenters. The fourth-order valence-corrected chi connectivity index (χ4v) is 3.58. The summed E-state index contributed by atoms with van der Waals surface area (Å²) < 4.78 is 4.10. The lowest BCUT2D eigenvalue weighted by atomic mass is 10.1. The van der Waals surface area contributed by atoms with Crippen molar-refractivity contribution in [2.45, 2.75) is 13.8 Å². The molecule has 30 heavy (non-hydrogen) atoms. The van der Waals surface area contributed by atoms with Gasteiger partial charge in [0.1, 0.15) is 0 Å². The largest absolute Gasteiger partial charge is 0.317 e. The van der Waals surface area contributed by atoms with Gasteiger partial charge in [-0.3, -0.25) is 9.59 Å². The zero-order valence-corrected chi connectivity index (χ0v) is 17.9. The molecule has 8 heteroatoms. The maximum Gasteiger partial charge on any atom is 0.296 e. The van der Waals surface area contributed by atoms with Crippen LogP contribution in [0.5, 0.6) is 0 Å². The van der Waals surface area contributed by atoms with Gasteiger partial charge in [-0.05, 0) is 54.0 Å². The van der Waals surface area contributed by atoms with Crippen molar-refractivity contribution in [3.63, 3.8) is 0 Å². The lowest BCUT2D eigenvalue weighted by molar-refractivity contribution is -0.112. The van der Waals surface area contributed by atoms with Crippen LogP contribution in [0.1, 0.15) is 21.7 Å². The van der Waals surface area contributed by atoms with Gasteiger partial charge in [0.05, 0.1) is 44.7 Å². The fraction of sp³-hybridized carbons (Fsp3) is 0.0909. The summed E-state index contributed by atoms with van der Waals surface area (Å²) in [6.07, 6.45) is 3.42. The summed E-state index contributed by atoms with van der Waals surface area (Å²) in [7, 11) is 0. The first-order valence-corrected chi connectivity index (χ1v) is 10.0. The van der Waals surface area contributed by atoms with Gasteiger partial charge in [-0.1, -0.05) is 30.3 Å². The number of nitrogens with zero attached hydrogens (tertiary/aromatic N) is 4. The van der Waals surface area contributed by atoms with E-state index in [9.17, 15) is 9.59 Å². The number of aromatic nitrogens is 4. The van der Waals surface area contributed by atoms with Crippen LogP contribution in [0, 0.1) is 13.8 Å². The zero-order valence-electron chi connectivity index (χ0n) is 16.3. The first kappa shape index (κ1) is 19.8. The van der Waals surface area contributed by atoms with Crippen molar-refractivity contribution in [2.24, 2.45) is 0 Å². The number of Topliss-reactive ketones (excluding diaryl/α,β-unsaturated/α-hetero) is 1. The predicted octanol–water partition coefficient (Wildman–Crippen LogP) is 4.26. The van der Waals surface area contributed by atoms with Crippen molar-refractivity contribution >= 4 is 33.3 Å². The number of ketones is 1. The minimum atomic E-state index is -0.729. The summed E-state index contributed by atoms with van der Waals surface area (Å²) >= 11 is 3.36. The lowest BCUT2D eigenvalue weighted by Crippen LogP contribution is -2.24. The van der Waals surface area contributed by atoms with E-state index >= 15 is 0 Å². The second-order valence-corrected chi connectivity index (χ2v) is 7.61. The predicted molar refractivity (Wildman–Crippen MR) is 117 cm³/mol. The van der Waals surface area contributed by atoms with E-state index in [0.717, 1.165) is 10.2 Å². The molecule has 2 aromatic heterocycles. The van der Waals surface area contributed by atoms with E-state index < -0.39 is 11.7 Å². The van der Waals surface area contributed by atoms with Gasteiger partial charge in [0.25, 0.3) is 11.7 Å². The molecule has 1 N–H and O–H groups in total. The Balaban J connectivity index is 1.64. The SMILES string of the molecule is Cc1nn(-c2ccccc2)c(C)c1C(=O)C(=O)Nc1ccccc1-n1cc(Br)cn1. The van der Waals surface area contributed by atoms with E-state index in [1.165, 1.54) is 0 Å². The van der Waals surface area contributed by atoms with Crippen molar-refractivity contribution in [2.75, 3.05) is 5.32 Å². The number of anilines is 1. The van der Waals surface area contributed by atoms with Gasteiger partial charge < -0.3 is 5.32 Å². The third-order valence-corrected chi connectivity index (χ3v) is 5.09. The Hall–Kier alpha value is -3.52. The molecule has 2 heterocycles. The van der Waals surface area contributed by atoms with Crippen molar-refractivity contribution in [1.82, 2.24) is 19.6 Å². The van der Waals surface area contributed by atoms with Crippen LogP contribution in [-0.4, -0.2) is 31.3 Å². The Morgan fingerprint density at radius 1 is 1.00 bits per heavy atom. The van der Waals surface area contributed by atoms with Crippen molar-refractivity contribution in [3.8, 4) is 11.4 Å². The highest BCUT2D eigenvalue weighted by atomic mass is 79.9. The number of rotatable bonds is 5. The third kappa shape index (κ3) is 3.69. The standard InChI is InChI=1S/C22H18BrN5O2/c1-14-20(15(2)28(26-14)17-8-4-3-5-9-17)21(29)22(30)25-18-10-6-7-11-19(18)27-13-16(23)12-24-27/h3-13H,1-2H3,(H,25,30). The normalized spacial score (nSPS) is 10.8. The zero-order chi connectivity index (χ0) is 21.3. The number of benzene rings is 2. The quantitative estimate of drug-likeness (QED) is 0.354. The number of aryl methyl sites for hydroxylation is 1. The number of nitrogens with one attached hydrogen (secondary N) is 1. The summed E-state index contributed by atoms with van der Waals surface area (Å²) in [6, 6.07) is 16.6. The second-order valence-electron chi connectivity index (χ2n) is 6.70. The minimum absolute atomic E-state index is 0.302. The van der Waals surface area contributed by atoms with Gasteiger partial charge in [0.15, 0.2) is 0 Å². The maximum absolute atomic E-state index is 13.0. The van der Waals surface area contributed by atoms with Crippen molar-refractivity contribution in [3.05, 3.63) is 88.4 Å². The van der Waals surface area contributed by atoms with E-state index in [-0.39, 0.29) is 0 Å². The highest BCUT2D eigenvalue weighted by Crippen LogP contribution is 2.23. The molecular weight excluding hydrogens is 446 g/mol. The van der Waals surface area contributed by atoms with Crippen LogP contribution in [0.25, 0.3) is 11.4 Å². The van der Waals surface area contributed by atoms with Crippen LogP contribution in [0.15, 0.2) is 71.5 Å². The molecule has 150 valence electrons.